The van der Waals surface area contributed by atoms with Gasteiger partial charge in [0.25, 0.3) is 6.47 Å². The number of nitrogens with zero attached hydrogens (tertiary/aromatic N) is 1. The van der Waals surface area contributed by atoms with Gasteiger partial charge in [-0.2, -0.15) is 0 Å². The Morgan fingerprint density at radius 2 is 1.95 bits per heavy atom. The maximum atomic E-state index is 12.3. The van der Waals surface area contributed by atoms with Gasteiger partial charge in [0.15, 0.2) is 5.75 Å². The number of carbonyl (C=O) groups excluding carboxylic acids is 2. The summed E-state index contributed by atoms with van der Waals surface area (Å²) < 4.78 is 11.3. The van der Waals surface area contributed by atoms with E-state index in [1.54, 1.807) is 32.9 Å². The maximum Gasteiger partial charge on any atom is 0.419 e. The Kier molecular flexibility index (Phi) is 4.16. The minimum Gasteiger partial charge on any atom is -0.443 e. The Hall–Kier alpha value is -1.72. The van der Waals surface area contributed by atoms with Crippen molar-refractivity contribution in [3.63, 3.8) is 0 Å². The molecule has 0 fully saturated rings. The molecule has 0 aliphatic heterocycles. The molecule has 1 aromatic heterocycles. The monoisotopic (exact) mass is 329 g/mol. The number of aromatic nitrogens is 1. The molecule has 112 valence electrons. The molecule has 0 saturated carbocycles. The van der Waals surface area contributed by atoms with Crippen LogP contribution in [0.1, 0.15) is 20.8 Å². The normalized spacial score (nSPS) is 11.5. The fourth-order valence-electron chi connectivity index (χ4n) is 1.83. The van der Waals surface area contributed by atoms with Crippen LogP contribution in [0.3, 0.4) is 0 Å². The zero-order chi connectivity index (χ0) is 15.8. The quantitative estimate of drug-likeness (QED) is 0.772. The van der Waals surface area contributed by atoms with Gasteiger partial charge in [0.05, 0.1) is 21.8 Å². The zero-order valence-corrected chi connectivity index (χ0v) is 13.2. The van der Waals surface area contributed by atoms with Gasteiger partial charge in [-0.05, 0) is 32.9 Å². The maximum absolute atomic E-state index is 12.3. The fourth-order valence-corrected chi connectivity index (χ4v) is 2.23. The molecule has 0 amide bonds. The molecule has 2 aromatic rings. The Morgan fingerprint density at radius 1 is 1.29 bits per heavy atom. The van der Waals surface area contributed by atoms with Crippen molar-refractivity contribution in [3.8, 4) is 5.75 Å². The number of fused-ring (bicyclic) bond motifs is 1. The first-order valence-corrected chi connectivity index (χ1v) is 6.83. The summed E-state index contributed by atoms with van der Waals surface area (Å²) in [7, 11) is 0. The van der Waals surface area contributed by atoms with Crippen molar-refractivity contribution < 1.29 is 19.1 Å². The molecule has 0 aliphatic rings. The second-order valence-corrected chi connectivity index (χ2v) is 6.10. The zero-order valence-electron chi connectivity index (χ0n) is 11.6. The molecule has 0 spiro atoms. The summed E-state index contributed by atoms with van der Waals surface area (Å²) in [5, 5.41) is 0.952. The molecule has 0 N–H and O–H groups in total. The van der Waals surface area contributed by atoms with Crippen molar-refractivity contribution in [2.75, 3.05) is 0 Å². The Labute approximate surface area is 131 Å². The van der Waals surface area contributed by atoms with Gasteiger partial charge in [0.2, 0.25) is 0 Å². The molecule has 0 saturated heterocycles. The molecule has 0 unspecified atom stereocenters. The van der Waals surface area contributed by atoms with Crippen LogP contribution in [-0.4, -0.2) is 22.7 Å². The summed E-state index contributed by atoms with van der Waals surface area (Å²) in [6.07, 6.45) is 0.701. The van der Waals surface area contributed by atoms with E-state index in [0.29, 0.717) is 10.9 Å². The highest BCUT2D eigenvalue weighted by molar-refractivity contribution is 6.45. The molecule has 7 heteroatoms. The van der Waals surface area contributed by atoms with Crippen molar-refractivity contribution in [2.45, 2.75) is 26.4 Å². The minimum absolute atomic E-state index is 0.181. The lowest BCUT2D eigenvalue weighted by atomic mass is 10.2. The van der Waals surface area contributed by atoms with E-state index in [4.69, 9.17) is 32.7 Å². The van der Waals surface area contributed by atoms with Crippen LogP contribution in [-0.2, 0) is 9.53 Å². The van der Waals surface area contributed by atoms with E-state index in [1.807, 2.05) is 0 Å². The summed E-state index contributed by atoms with van der Waals surface area (Å²) in [5.41, 5.74) is -0.347. The van der Waals surface area contributed by atoms with E-state index in [2.05, 4.69) is 0 Å². The molecule has 0 aliphatic carbocycles. The van der Waals surface area contributed by atoms with Crippen LogP contribution in [0.5, 0.6) is 5.75 Å². The minimum atomic E-state index is -0.676. The second kappa shape index (κ2) is 5.58. The van der Waals surface area contributed by atoms with Crippen molar-refractivity contribution in [2.24, 2.45) is 0 Å². The predicted molar refractivity (Wildman–Crippen MR) is 80.3 cm³/mol. The third-order valence-corrected chi connectivity index (χ3v) is 3.38. The van der Waals surface area contributed by atoms with Crippen molar-refractivity contribution in [1.82, 2.24) is 4.57 Å². The first kappa shape index (κ1) is 15.7. The summed E-state index contributed by atoms with van der Waals surface area (Å²) >= 11 is 12.1. The van der Waals surface area contributed by atoms with Gasteiger partial charge in [0.1, 0.15) is 5.60 Å². The standard InChI is InChI=1S/C14H13Cl2NO4/c1-14(2,3)21-13(19)17-6-10(20-7-18)8-4-5-9(15)11(16)12(8)17/h4-7H,1-3H3. The highest BCUT2D eigenvalue weighted by atomic mass is 35.5. The van der Waals surface area contributed by atoms with E-state index >= 15 is 0 Å². The summed E-state index contributed by atoms with van der Waals surface area (Å²) in [6, 6.07) is 3.17. The fraction of sp³-hybridized carbons (Fsp3) is 0.286. The van der Waals surface area contributed by atoms with Crippen LogP contribution < -0.4 is 4.74 Å². The molecule has 0 bridgehead atoms. The van der Waals surface area contributed by atoms with Crippen molar-refractivity contribution in [3.05, 3.63) is 28.4 Å². The summed E-state index contributed by atoms with van der Waals surface area (Å²) in [4.78, 5) is 22.8. The predicted octanol–water partition coefficient (Wildman–Crippen LogP) is 4.27. The largest absolute Gasteiger partial charge is 0.443 e. The van der Waals surface area contributed by atoms with Crippen LogP contribution in [0.15, 0.2) is 18.3 Å². The van der Waals surface area contributed by atoms with Gasteiger partial charge < -0.3 is 9.47 Å². The van der Waals surface area contributed by atoms with Crippen LogP contribution in [0.4, 0.5) is 4.79 Å². The van der Waals surface area contributed by atoms with E-state index in [0.717, 1.165) is 0 Å². The van der Waals surface area contributed by atoms with Gasteiger partial charge in [0, 0.05) is 5.39 Å². The van der Waals surface area contributed by atoms with Gasteiger partial charge in [-0.3, -0.25) is 4.79 Å². The number of hydrogen-bond acceptors (Lipinski definition) is 4. The van der Waals surface area contributed by atoms with Crippen LogP contribution in [0.2, 0.25) is 10.0 Å². The van der Waals surface area contributed by atoms with Crippen molar-refractivity contribution in [1.29, 1.82) is 0 Å². The molecular weight excluding hydrogens is 317 g/mol. The van der Waals surface area contributed by atoms with E-state index in [1.165, 1.54) is 10.8 Å². The van der Waals surface area contributed by atoms with Gasteiger partial charge >= 0.3 is 6.09 Å². The van der Waals surface area contributed by atoms with E-state index in [9.17, 15) is 9.59 Å². The molecule has 1 heterocycles. The molecule has 5 nitrogen and oxygen atoms in total. The lowest BCUT2D eigenvalue weighted by molar-refractivity contribution is -0.120. The lowest BCUT2D eigenvalue weighted by Gasteiger charge is -2.19. The lowest BCUT2D eigenvalue weighted by Crippen LogP contribution is -2.26. The van der Waals surface area contributed by atoms with Gasteiger partial charge in [-0.25, -0.2) is 9.36 Å². The number of benzene rings is 1. The summed E-state index contributed by atoms with van der Waals surface area (Å²) in [5.74, 6) is 0.199. The van der Waals surface area contributed by atoms with Crippen LogP contribution in [0, 0.1) is 0 Å². The summed E-state index contributed by atoms with van der Waals surface area (Å²) in [6.45, 7) is 5.51. The Morgan fingerprint density at radius 3 is 2.52 bits per heavy atom. The molecule has 21 heavy (non-hydrogen) atoms. The Bertz CT molecular complexity index is 716. The second-order valence-electron chi connectivity index (χ2n) is 5.32. The number of ether oxygens (including phenoxy) is 2. The SMILES string of the molecule is CC(C)(C)OC(=O)n1cc(OC=O)c2ccc(Cl)c(Cl)c21. The number of halogens is 2. The average Bonchev–Trinajstić information content (AvgIpc) is 2.72. The molecule has 1 aromatic carbocycles. The smallest absolute Gasteiger partial charge is 0.419 e. The topological polar surface area (TPSA) is 57.5 Å². The highest BCUT2D eigenvalue weighted by Gasteiger charge is 2.23. The highest BCUT2D eigenvalue weighted by Crippen LogP contribution is 2.37. The number of rotatable bonds is 2. The third kappa shape index (κ3) is 3.14. The molecule has 0 radical (unpaired) electrons. The first-order valence-electron chi connectivity index (χ1n) is 6.07. The number of hydrogen-bond donors (Lipinski definition) is 0. The molecule has 2 rings (SSSR count). The molecule has 0 atom stereocenters. The molecular formula is C14H13Cl2NO4. The average molecular weight is 330 g/mol. The van der Waals surface area contributed by atoms with Gasteiger partial charge in [-0.15, -0.1) is 0 Å². The van der Waals surface area contributed by atoms with E-state index in [-0.39, 0.29) is 22.3 Å². The Balaban J connectivity index is 2.65. The number of carbonyl (C=O) groups is 2. The first-order chi connectivity index (χ1) is 9.74. The van der Waals surface area contributed by atoms with E-state index < -0.39 is 11.7 Å². The third-order valence-electron chi connectivity index (χ3n) is 2.59. The van der Waals surface area contributed by atoms with Crippen LogP contribution >= 0.6 is 23.2 Å². The van der Waals surface area contributed by atoms with Gasteiger partial charge in [-0.1, -0.05) is 23.2 Å². The van der Waals surface area contributed by atoms with Crippen LogP contribution in [0.25, 0.3) is 10.9 Å². The van der Waals surface area contributed by atoms with Crippen molar-refractivity contribution >= 4 is 46.7 Å².